The molecular weight excluding hydrogens is 321 g/mol. The van der Waals surface area contributed by atoms with Crippen LogP contribution >= 0.6 is 0 Å². The van der Waals surface area contributed by atoms with E-state index in [0.717, 1.165) is 29.5 Å². The average molecular weight is 340 g/mol. The number of aryl methyl sites for hydroxylation is 2. The second-order valence-corrected chi connectivity index (χ2v) is 6.53. The molecule has 3 rings (SSSR count). The molecular formula is C17H19F3N2O2. The molecule has 3 unspecified atom stereocenters. The van der Waals surface area contributed by atoms with E-state index in [-0.39, 0.29) is 18.9 Å². The maximum atomic E-state index is 12.7. The van der Waals surface area contributed by atoms with Crippen molar-refractivity contribution < 1.29 is 22.8 Å². The Balaban J connectivity index is 1.65. The lowest BCUT2D eigenvalue weighted by molar-refractivity contribution is -0.171. The van der Waals surface area contributed by atoms with E-state index in [1.807, 2.05) is 30.4 Å². The van der Waals surface area contributed by atoms with Crippen molar-refractivity contribution in [2.24, 2.45) is 5.92 Å². The number of halogens is 3. The molecule has 1 aromatic carbocycles. The summed E-state index contributed by atoms with van der Waals surface area (Å²) >= 11 is 0. The van der Waals surface area contributed by atoms with Crippen LogP contribution in [0, 0.1) is 12.8 Å². The normalized spacial score (nSPS) is 26.7. The Labute approximate surface area is 137 Å². The molecule has 0 saturated carbocycles. The first-order valence-electron chi connectivity index (χ1n) is 8.02. The Kier molecular flexibility index (Phi) is 4.27. The summed E-state index contributed by atoms with van der Waals surface area (Å²) in [7, 11) is 0. The SMILES string of the molecule is Cc1ccc2c(c1)C(NC(=O)C1CCC(C(F)(F)F)NC1=O)CC2. The van der Waals surface area contributed by atoms with Gasteiger partial charge in [0.25, 0.3) is 0 Å². The zero-order valence-corrected chi connectivity index (χ0v) is 13.2. The number of benzene rings is 1. The molecule has 2 aliphatic rings. The predicted octanol–water partition coefficient (Wildman–Crippen LogP) is 2.56. The highest BCUT2D eigenvalue weighted by molar-refractivity contribution is 6.01. The van der Waals surface area contributed by atoms with Crippen LogP contribution in [0.2, 0.25) is 0 Å². The van der Waals surface area contributed by atoms with Crippen molar-refractivity contribution in [3.05, 3.63) is 34.9 Å². The van der Waals surface area contributed by atoms with Gasteiger partial charge in [0.15, 0.2) is 0 Å². The van der Waals surface area contributed by atoms with Crippen LogP contribution in [0.4, 0.5) is 13.2 Å². The number of rotatable bonds is 2. The Hall–Kier alpha value is -2.05. The standard InChI is InChI=1S/C17H19F3N2O2/c1-9-2-3-10-4-6-13(12(10)8-9)21-15(23)11-5-7-14(17(18,19)20)22-16(11)24/h2-3,8,11,13-14H,4-7H2,1H3,(H,21,23)(H,22,24). The van der Waals surface area contributed by atoms with Gasteiger partial charge in [0.05, 0.1) is 6.04 Å². The molecule has 1 fully saturated rings. The lowest BCUT2D eigenvalue weighted by atomic mass is 9.92. The van der Waals surface area contributed by atoms with Gasteiger partial charge < -0.3 is 10.6 Å². The Morgan fingerprint density at radius 1 is 1.25 bits per heavy atom. The minimum Gasteiger partial charge on any atom is -0.349 e. The number of fused-ring (bicyclic) bond motifs is 1. The van der Waals surface area contributed by atoms with Gasteiger partial charge in [-0.15, -0.1) is 0 Å². The number of hydrogen-bond donors (Lipinski definition) is 2. The molecule has 0 radical (unpaired) electrons. The number of carbonyl (C=O) groups excluding carboxylic acids is 2. The van der Waals surface area contributed by atoms with Crippen molar-refractivity contribution in [1.29, 1.82) is 0 Å². The molecule has 0 spiro atoms. The zero-order valence-electron chi connectivity index (χ0n) is 13.2. The molecule has 1 aromatic rings. The number of alkyl halides is 3. The Morgan fingerprint density at radius 2 is 2.00 bits per heavy atom. The predicted molar refractivity (Wildman–Crippen MR) is 81.1 cm³/mol. The van der Waals surface area contributed by atoms with E-state index in [4.69, 9.17) is 0 Å². The first-order valence-corrected chi connectivity index (χ1v) is 8.02. The van der Waals surface area contributed by atoms with Crippen LogP contribution < -0.4 is 10.6 Å². The molecule has 3 atom stereocenters. The molecule has 2 N–H and O–H groups in total. The second kappa shape index (κ2) is 6.11. The lowest BCUT2D eigenvalue weighted by Crippen LogP contribution is -2.54. The highest BCUT2D eigenvalue weighted by Gasteiger charge is 2.46. The monoisotopic (exact) mass is 340 g/mol. The molecule has 2 amide bonds. The van der Waals surface area contributed by atoms with Crippen LogP contribution in [-0.4, -0.2) is 24.0 Å². The van der Waals surface area contributed by atoms with E-state index in [1.54, 1.807) is 0 Å². The molecule has 130 valence electrons. The minimum absolute atomic E-state index is 0.0881. The van der Waals surface area contributed by atoms with Gasteiger partial charge in [0.2, 0.25) is 11.8 Å². The van der Waals surface area contributed by atoms with Crippen molar-refractivity contribution in [2.45, 2.75) is 50.9 Å². The Bertz CT molecular complexity index is 672. The summed E-state index contributed by atoms with van der Waals surface area (Å²) in [6.45, 7) is 1.96. The second-order valence-electron chi connectivity index (χ2n) is 6.53. The largest absolute Gasteiger partial charge is 0.408 e. The molecule has 1 saturated heterocycles. The number of amides is 2. The Morgan fingerprint density at radius 3 is 2.67 bits per heavy atom. The number of carbonyl (C=O) groups is 2. The molecule has 1 aliphatic carbocycles. The summed E-state index contributed by atoms with van der Waals surface area (Å²) in [5, 5.41) is 4.75. The molecule has 1 heterocycles. The van der Waals surface area contributed by atoms with E-state index in [0.29, 0.717) is 0 Å². The molecule has 7 heteroatoms. The third-order valence-corrected chi connectivity index (χ3v) is 4.78. The molecule has 1 aliphatic heterocycles. The van der Waals surface area contributed by atoms with E-state index in [1.165, 1.54) is 0 Å². The van der Waals surface area contributed by atoms with Crippen LogP contribution in [0.25, 0.3) is 0 Å². The topological polar surface area (TPSA) is 58.2 Å². The van der Waals surface area contributed by atoms with E-state index < -0.39 is 30.0 Å². The third kappa shape index (κ3) is 3.25. The van der Waals surface area contributed by atoms with E-state index in [2.05, 4.69) is 5.32 Å². The minimum atomic E-state index is -4.47. The maximum Gasteiger partial charge on any atom is 0.408 e. The highest BCUT2D eigenvalue weighted by atomic mass is 19.4. The van der Waals surface area contributed by atoms with Gasteiger partial charge in [-0.3, -0.25) is 9.59 Å². The molecule has 4 nitrogen and oxygen atoms in total. The van der Waals surface area contributed by atoms with Crippen molar-refractivity contribution in [3.63, 3.8) is 0 Å². The summed E-state index contributed by atoms with van der Waals surface area (Å²) in [5.41, 5.74) is 3.28. The van der Waals surface area contributed by atoms with Crippen molar-refractivity contribution >= 4 is 11.8 Å². The van der Waals surface area contributed by atoms with Crippen LogP contribution in [0.15, 0.2) is 18.2 Å². The van der Waals surface area contributed by atoms with E-state index in [9.17, 15) is 22.8 Å². The van der Waals surface area contributed by atoms with Crippen molar-refractivity contribution in [1.82, 2.24) is 10.6 Å². The van der Waals surface area contributed by atoms with Gasteiger partial charge >= 0.3 is 6.18 Å². The molecule has 24 heavy (non-hydrogen) atoms. The number of hydrogen-bond acceptors (Lipinski definition) is 2. The van der Waals surface area contributed by atoms with Crippen molar-refractivity contribution in [2.75, 3.05) is 0 Å². The fourth-order valence-corrected chi connectivity index (χ4v) is 3.45. The quantitative estimate of drug-likeness (QED) is 0.813. The summed E-state index contributed by atoms with van der Waals surface area (Å²) in [5.74, 6) is -2.39. The van der Waals surface area contributed by atoms with Gasteiger partial charge in [-0.2, -0.15) is 13.2 Å². The smallest absolute Gasteiger partial charge is 0.349 e. The highest BCUT2D eigenvalue weighted by Crippen LogP contribution is 2.33. The summed E-state index contributed by atoms with van der Waals surface area (Å²) < 4.78 is 38.0. The molecule has 0 aromatic heterocycles. The van der Waals surface area contributed by atoms with Gasteiger partial charge in [-0.1, -0.05) is 23.8 Å². The van der Waals surface area contributed by atoms with Gasteiger partial charge in [-0.25, -0.2) is 0 Å². The van der Waals surface area contributed by atoms with Gasteiger partial charge in [0, 0.05) is 0 Å². The molecule has 0 bridgehead atoms. The average Bonchev–Trinajstić information content (AvgIpc) is 2.88. The first-order chi connectivity index (χ1) is 11.3. The van der Waals surface area contributed by atoms with Crippen LogP contribution in [0.3, 0.4) is 0 Å². The van der Waals surface area contributed by atoms with Crippen LogP contribution in [0.5, 0.6) is 0 Å². The van der Waals surface area contributed by atoms with Gasteiger partial charge in [0.1, 0.15) is 12.0 Å². The fourth-order valence-electron chi connectivity index (χ4n) is 3.45. The van der Waals surface area contributed by atoms with Crippen LogP contribution in [-0.2, 0) is 16.0 Å². The third-order valence-electron chi connectivity index (χ3n) is 4.78. The maximum absolute atomic E-state index is 12.7. The van der Waals surface area contributed by atoms with Crippen LogP contribution in [0.1, 0.15) is 42.0 Å². The van der Waals surface area contributed by atoms with E-state index >= 15 is 0 Å². The lowest BCUT2D eigenvalue weighted by Gasteiger charge is -2.30. The van der Waals surface area contributed by atoms with Gasteiger partial charge in [-0.05, 0) is 43.7 Å². The number of piperidine rings is 1. The zero-order chi connectivity index (χ0) is 17.5. The summed E-state index contributed by atoms with van der Waals surface area (Å²) in [4.78, 5) is 24.3. The fraction of sp³-hybridized carbons (Fsp3) is 0.529. The number of nitrogens with one attached hydrogen (secondary N) is 2. The summed E-state index contributed by atoms with van der Waals surface area (Å²) in [6, 6.07) is 4.00. The van der Waals surface area contributed by atoms with Crippen molar-refractivity contribution in [3.8, 4) is 0 Å². The summed E-state index contributed by atoms with van der Waals surface area (Å²) in [6.07, 6.45) is -3.25. The first kappa shape index (κ1) is 16.8.